The molecule has 1 aromatic carbocycles. The van der Waals surface area contributed by atoms with Gasteiger partial charge in [0.2, 0.25) is 0 Å². The lowest BCUT2D eigenvalue weighted by Gasteiger charge is -2.16. The van der Waals surface area contributed by atoms with Crippen molar-refractivity contribution in [1.82, 2.24) is 0 Å². The lowest BCUT2D eigenvalue weighted by molar-refractivity contribution is -0.141. The van der Waals surface area contributed by atoms with Crippen molar-refractivity contribution in [3.63, 3.8) is 0 Å². The van der Waals surface area contributed by atoms with Crippen LogP contribution in [0.15, 0.2) is 18.2 Å². The van der Waals surface area contributed by atoms with Crippen molar-refractivity contribution in [2.45, 2.75) is 25.6 Å². The van der Waals surface area contributed by atoms with Crippen LogP contribution in [0.5, 0.6) is 0 Å². The Morgan fingerprint density at radius 3 is 2.53 bits per heavy atom. The van der Waals surface area contributed by atoms with Gasteiger partial charge in [-0.25, -0.2) is 0 Å². The Bertz CT molecular complexity index is 560. The molecule has 0 bridgehead atoms. The van der Waals surface area contributed by atoms with Crippen molar-refractivity contribution < 1.29 is 22.7 Å². The first-order chi connectivity index (χ1) is 8.81. The molecule has 3 nitrogen and oxygen atoms in total. The molecule has 0 saturated carbocycles. The Balaban J connectivity index is 2.46. The molecule has 2 atom stereocenters. The van der Waals surface area contributed by atoms with E-state index in [1.807, 2.05) is 0 Å². The molecule has 1 fully saturated rings. The Kier molecular flexibility index (Phi) is 3.23. The Labute approximate surface area is 107 Å². The van der Waals surface area contributed by atoms with Crippen LogP contribution in [0.4, 0.5) is 13.2 Å². The van der Waals surface area contributed by atoms with E-state index in [4.69, 9.17) is 10.00 Å². The maximum Gasteiger partial charge on any atom is 0.416 e. The third kappa shape index (κ3) is 2.70. The van der Waals surface area contributed by atoms with E-state index in [-0.39, 0.29) is 23.5 Å². The number of esters is 1. The minimum atomic E-state index is -4.53. The van der Waals surface area contributed by atoms with Crippen LogP contribution in [0.3, 0.4) is 0 Å². The number of nitrogens with zero attached hydrogens (tertiary/aromatic N) is 1. The maximum absolute atomic E-state index is 12.7. The number of halogens is 3. The molecule has 2 rings (SSSR count). The molecule has 0 unspecified atom stereocenters. The van der Waals surface area contributed by atoms with Crippen molar-refractivity contribution >= 4 is 5.97 Å². The zero-order valence-corrected chi connectivity index (χ0v) is 9.99. The number of carbonyl (C=O) groups is 1. The Hall–Kier alpha value is -2.03. The summed E-state index contributed by atoms with van der Waals surface area (Å²) in [4.78, 5) is 11.2. The van der Waals surface area contributed by atoms with Gasteiger partial charge in [-0.2, -0.15) is 18.4 Å². The number of nitriles is 1. The molecule has 1 saturated heterocycles. The third-order valence-electron chi connectivity index (χ3n) is 3.00. The maximum atomic E-state index is 12.7. The van der Waals surface area contributed by atoms with Gasteiger partial charge in [0.05, 0.1) is 23.6 Å². The molecule has 100 valence electrons. The van der Waals surface area contributed by atoms with Gasteiger partial charge >= 0.3 is 12.1 Å². The second-order valence-corrected chi connectivity index (χ2v) is 4.55. The summed E-state index contributed by atoms with van der Waals surface area (Å²) in [6.07, 6.45) is -5.09. The fourth-order valence-electron chi connectivity index (χ4n) is 2.12. The number of cyclic esters (lactones) is 1. The van der Waals surface area contributed by atoms with Gasteiger partial charge in [-0.3, -0.25) is 4.79 Å². The number of hydrogen-bond acceptors (Lipinski definition) is 3. The average molecular weight is 269 g/mol. The molecule has 1 aliphatic rings. The Morgan fingerprint density at radius 1 is 1.37 bits per heavy atom. The molecular formula is C13H10F3NO2. The topological polar surface area (TPSA) is 50.1 Å². The highest BCUT2D eigenvalue weighted by atomic mass is 19.4. The van der Waals surface area contributed by atoms with Crippen LogP contribution in [-0.2, 0) is 15.7 Å². The average Bonchev–Trinajstić information content (AvgIpc) is 2.66. The summed E-state index contributed by atoms with van der Waals surface area (Å²) in [6, 6.07) is 4.73. The van der Waals surface area contributed by atoms with E-state index >= 15 is 0 Å². The minimum Gasteiger partial charge on any atom is -0.457 e. The van der Waals surface area contributed by atoms with Crippen LogP contribution in [-0.4, -0.2) is 5.97 Å². The molecule has 0 amide bonds. The predicted octanol–water partition coefficient (Wildman–Crippen LogP) is 3.20. The normalized spacial score (nSPS) is 23.0. The van der Waals surface area contributed by atoms with Crippen LogP contribution in [0, 0.1) is 17.2 Å². The monoisotopic (exact) mass is 269 g/mol. The van der Waals surface area contributed by atoms with Crippen molar-refractivity contribution in [3.8, 4) is 6.07 Å². The van der Waals surface area contributed by atoms with E-state index < -0.39 is 23.8 Å². The molecule has 0 spiro atoms. The smallest absolute Gasteiger partial charge is 0.416 e. The molecule has 6 heteroatoms. The van der Waals surface area contributed by atoms with Gasteiger partial charge in [0.25, 0.3) is 0 Å². The van der Waals surface area contributed by atoms with E-state index in [0.29, 0.717) is 0 Å². The second-order valence-electron chi connectivity index (χ2n) is 4.55. The first kappa shape index (κ1) is 13.4. The summed E-state index contributed by atoms with van der Waals surface area (Å²) in [5.41, 5.74) is -0.790. The zero-order chi connectivity index (χ0) is 14.2. The van der Waals surface area contributed by atoms with Crippen LogP contribution < -0.4 is 0 Å². The van der Waals surface area contributed by atoms with Gasteiger partial charge in [-0.05, 0) is 23.8 Å². The van der Waals surface area contributed by atoms with Gasteiger partial charge in [0.15, 0.2) is 0 Å². The number of carbonyl (C=O) groups excluding carboxylic acids is 1. The van der Waals surface area contributed by atoms with Crippen molar-refractivity contribution in [2.75, 3.05) is 0 Å². The summed E-state index contributed by atoms with van der Waals surface area (Å²) in [5, 5.41) is 8.79. The van der Waals surface area contributed by atoms with Crippen molar-refractivity contribution in [3.05, 3.63) is 34.9 Å². The van der Waals surface area contributed by atoms with Gasteiger partial charge in [0.1, 0.15) is 6.10 Å². The van der Waals surface area contributed by atoms with Crippen molar-refractivity contribution in [2.24, 2.45) is 5.92 Å². The van der Waals surface area contributed by atoms with Gasteiger partial charge in [-0.1, -0.05) is 6.92 Å². The number of ether oxygens (including phenoxy) is 1. The highest BCUT2D eigenvalue weighted by Gasteiger charge is 2.36. The summed E-state index contributed by atoms with van der Waals surface area (Å²) in [6.45, 7) is 1.72. The largest absolute Gasteiger partial charge is 0.457 e. The van der Waals surface area contributed by atoms with Crippen LogP contribution in [0.1, 0.15) is 36.1 Å². The van der Waals surface area contributed by atoms with E-state index in [1.165, 1.54) is 6.07 Å². The van der Waals surface area contributed by atoms with Gasteiger partial charge < -0.3 is 4.74 Å². The van der Waals surface area contributed by atoms with Gasteiger partial charge in [-0.15, -0.1) is 0 Å². The minimum absolute atomic E-state index is 0.0972. The fraction of sp³-hybridized carbons (Fsp3) is 0.385. The van der Waals surface area contributed by atoms with E-state index in [9.17, 15) is 18.0 Å². The molecule has 1 heterocycles. The van der Waals surface area contributed by atoms with Crippen LogP contribution in [0.2, 0.25) is 0 Å². The summed E-state index contributed by atoms with van der Waals surface area (Å²) < 4.78 is 43.2. The molecular weight excluding hydrogens is 259 g/mol. The lowest BCUT2D eigenvalue weighted by atomic mass is 9.94. The molecule has 1 aliphatic heterocycles. The molecule has 1 aromatic rings. The SMILES string of the molecule is C[C@@H]1CC(=O)O[C@@H]1c1cc(C#N)cc(C(F)(F)F)c1. The third-order valence-corrected chi connectivity index (χ3v) is 3.00. The standard InChI is InChI=1S/C13H10F3NO2/c1-7-2-11(18)19-12(7)9-3-8(6-17)4-10(5-9)13(14,15)16/h3-5,7,12H,2H2,1H3/t7-,12+/m1/s1. The first-order valence-corrected chi connectivity index (χ1v) is 5.63. The number of alkyl halides is 3. The lowest BCUT2D eigenvalue weighted by Crippen LogP contribution is -2.10. The summed E-state index contributed by atoms with van der Waals surface area (Å²) in [5.74, 6) is -0.643. The molecule has 0 radical (unpaired) electrons. The van der Waals surface area contributed by atoms with Crippen LogP contribution in [0.25, 0.3) is 0 Å². The number of rotatable bonds is 1. The second kappa shape index (κ2) is 4.57. The zero-order valence-electron chi connectivity index (χ0n) is 9.99. The highest BCUT2D eigenvalue weighted by molar-refractivity contribution is 5.72. The molecule has 0 aliphatic carbocycles. The van der Waals surface area contributed by atoms with E-state index in [0.717, 1.165) is 12.1 Å². The Morgan fingerprint density at radius 2 is 2.05 bits per heavy atom. The number of benzene rings is 1. The highest BCUT2D eigenvalue weighted by Crippen LogP contribution is 2.38. The van der Waals surface area contributed by atoms with E-state index in [1.54, 1.807) is 13.0 Å². The molecule has 0 aromatic heterocycles. The number of hydrogen-bond donors (Lipinski definition) is 0. The molecule has 0 N–H and O–H groups in total. The predicted molar refractivity (Wildman–Crippen MR) is 58.8 cm³/mol. The first-order valence-electron chi connectivity index (χ1n) is 5.63. The molecule has 19 heavy (non-hydrogen) atoms. The summed E-state index contributed by atoms with van der Waals surface area (Å²) in [7, 11) is 0. The quantitative estimate of drug-likeness (QED) is 0.735. The summed E-state index contributed by atoms with van der Waals surface area (Å²) >= 11 is 0. The van der Waals surface area contributed by atoms with Crippen LogP contribution >= 0.6 is 0 Å². The van der Waals surface area contributed by atoms with E-state index in [2.05, 4.69) is 0 Å². The van der Waals surface area contributed by atoms with Crippen molar-refractivity contribution in [1.29, 1.82) is 5.26 Å². The van der Waals surface area contributed by atoms with Gasteiger partial charge in [0, 0.05) is 5.92 Å². The fourth-order valence-corrected chi connectivity index (χ4v) is 2.12.